The molecule has 0 aliphatic carbocycles. The Morgan fingerprint density at radius 1 is 1.24 bits per heavy atom. The number of amidine groups is 1. The van der Waals surface area contributed by atoms with Crippen molar-refractivity contribution in [3.05, 3.63) is 54.2 Å². The Balaban J connectivity index is 2.15. The highest BCUT2D eigenvalue weighted by molar-refractivity contribution is 7.93. The molecular formula is C24H28FN7O4S. The molecule has 1 N–H and O–H groups in total. The molecule has 0 saturated carbocycles. The molecular weight excluding hydrogens is 501 g/mol. The van der Waals surface area contributed by atoms with Gasteiger partial charge in [-0.25, -0.2) is 22.8 Å². The molecule has 0 aliphatic heterocycles. The topological polar surface area (TPSA) is 133 Å². The van der Waals surface area contributed by atoms with Crippen LogP contribution >= 0.6 is 0 Å². The van der Waals surface area contributed by atoms with Crippen LogP contribution in [0.25, 0.3) is 17.1 Å². The van der Waals surface area contributed by atoms with Crippen LogP contribution in [0.1, 0.15) is 25.8 Å². The van der Waals surface area contributed by atoms with Crippen LogP contribution in [0.4, 0.5) is 10.3 Å². The summed E-state index contributed by atoms with van der Waals surface area (Å²) in [6.45, 7) is 7.94. The lowest BCUT2D eigenvalue weighted by Crippen LogP contribution is -2.28. The minimum Gasteiger partial charge on any atom is -0.494 e. The average Bonchev–Trinajstić information content (AvgIpc) is 3.27. The number of methoxy groups -OCH3 is 2. The number of rotatable bonds is 10. The Morgan fingerprint density at radius 2 is 1.92 bits per heavy atom. The molecule has 196 valence electrons. The van der Waals surface area contributed by atoms with Gasteiger partial charge in [0.25, 0.3) is 0 Å². The number of hydrogen-bond donors (Lipinski definition) is 1. The molecule has 37 heavy (non-hydrogen) atoms. The van der Waals surface area contributed by atoms with E-state index in [9.17, 15) is 12.8 Å². The molecule has 0 spiro atoms. The first-order valence-electron chi connectivity index (χ1n) is 11.1. The fraction of sp³-hybridized carbons (Fsp3) is 0.292. The van der Waals surface area contributed by atoms with Crippen LogP contribution in [-0.4, -0.2) is 60.2 Å². The summed E-state index contributed by atoms with van der Waals surface area (Å²) in [6.07, 6.45) is 4.07. The lowest BCUT2D eigenvalue weighted by molar-refractivity contribution is 0.391. The second-order valence-corrected chi connectivity index (χ2v) is 10.1. The third-order valence-corrected chi connectivity index (χ3v) is 7.07. The maximum Gasteiger partial charge on any atom is 0.243 e. The SMILES string of the molecule is C=NC(C[C@H](C)S(=O)(=O)Nc1nnc(-c2cnccc2C)n1-c1c(OC)cccc1OC)=N/C=C(\C)F. The van der Waals surface area contributed by atoms with E-state index in [0.717, 1.165) is 11.8 Å². The summed E-state index contributed by atoms with van der Waals surface area (Å²) in [6, 6.07) is 6.95. The van der Waals surface area contributed by atoms with E-state index in [2.05, 4.69) is 36.6 Å². The van der Waals surface area contributed by atoms with E-state index in [4.69, 9.17) is 9.47 Å². The van der Waals surface area contributed by atoms with Gasteiger partial charge in [0, 0.05) is 24.4 Å². The van der Waals surface area contributed by atoms with Crippen LogP contribution in [0.3, 0.4) is 0 Å². The van der Waals surface area contributed by atoms with Crippen molar-refractivity contribution in [3.63, 3.8) is 0 Å². The first-order valence-corrected chi connectivity index (χ1v) is 12.6. The van der Waals surface area contributed by atoms with Gasteiger partial charge in [-0.3, -0.25) is 14.3 Å². The molecule has 2 heterocycles. The normalized spacial score (nSPS) is 13.2. The van der Waals surface area contributed by atoms with Crippen molar-refractivity contribution < 1.29 is 22.3 Å². The summed E-state index contributed by atoms with van der Waals surface area (Å²) < 4.78 is 54.9. The molecule has 0 amide bonds. The van der Waals surface area contributed by atoms with Crippen LogP contribution in [0.15, 0.2) is 58.7 Å². The Labute approximate surface area is 214 Å². The van der Waals surface area contributed by atoms with E-state index in [1.54, 1.807) is 36.7 Å². The van der Waals surface area contributed by atoms with Gasteiger partial charge in [-0.15, -0.1) is 10.2 Å². The van der Waals surface area contributed by atoms with Gasteiger partial charge in [0.05, 0.1) is 25.7 Å². The van der Waals surface area contributed by atoms with Crippen LogP contribution in [0.5, 0.6) is 11.5 Å². The number of hydrogen-bond acceptors (Lipinski definition) is 8. The lowest BCUT2D eigenvalue weighted by Gasteiger charge is -2.19. The standard InChI is InChI=1S/C24H28FN7O4S/c1-15-10-11-27-14-18(15)23-29-30-24(32(23)22-19(35-5)8-7-9-20(22)36-6)31-37(33,34)17(3)12-21(26-4)28-13-16(2)25/h7-11,13-14,17H,4,12H2,1-3,5-6H3,(H,30,31)/b16-13+,28-21?/t17-/m0/s1. The molecule has 0 radical (unpaired) electrons. The van der Waals surface area contributed by atoms with Crippen LogP contribution in [0, 0.1) is 6.92 Å². The van der Waals surface area contributed by atoms with Gasteiger partial charge in [0.15, 0.2) is 5.82 Å². The highest BCUT2D eigenvalue weighted by Gasteiger charge is 2.29. The summed E-state index contributed by atoms with van der Waals surface area (Å²) in [7, 11) is -1.09. The highest BCUT2D eigenvalue weighted by Crippen LogP contribution is 2.38. The van der Waals surface area contributed by atoms with Crippen LogP contribution in [-0.2, 0) is 10.0 Å². The quantitative estimate of drug-likeness (QED) is 0.309. The van der Waals surface area contributed by atoms with Crippen molar-refractivity contribution in [3.8, 4) is 28.6 Å². The summed E-state index contributed by atoms with van der Waals surface area (Å²) in [5.74, 6) is 0.527. The zero-order valence-electron chi connectivity index (χ0n) is 21.1. The van der Waals surface area contributed by atoms with E-state index in [-0.39, 0.29) is 18.2 Å². The second kappa shape index (κ2) is 11.7. The van der Waals surface area contributed by atoms with Crippen molar-refractivity contribution in [2.45, 2.75) is 32.4 Å². The van der Waals surface area contributed by atoms with E-state index < -0.39 is 21.1 Å². The van der Waals surface area contributed by atoms with Gasteiger partial charge in [-0.1, -0.05) is 6.07 Å². The van der Waals surface area contributed by atoms with Gasteiger partial charge in [-0.05, 0) is 51.3 Å². The van der Waals surface area contributed by atoms with E-state index in [1.807, 2.05) is 6.92 Å². The van der Waals surface area contributed by atoms with Crippen molar-refractivity contribution in [2.24, 2.45) is 9.98 Å². The third kappa shape index (κ3) is 6.17. The molecule has 0 aliphatic rings. The number of pyridine rings is 1. The number of aryl methyl sites for hydroxylation is 1. The fourth-order valence-corrected chi connectivity index (χ4v) is 4.36. The molecule has 1 aromatic carbocycles. The van der Waals surface area contributed by atoms with Crippen molar-refractivity contribution >= 4 is 28.5 Å². The average molecular weight is 530 g/mol. The van der Waals surface area contributed by atoms with Crippen LogP contribution in [0.2, 0.25) is 0 Å². The largest absolute Gasteiger partial charge is 0.494 e. The molecule has 1 atom stereocenters. The molecule has 11 nitrogen and oxygen atoms in total. The molecule has 2 aromatic heterocycles. The summed E-state index contributed by atoms with van der Waals surface area (Å²) in [5, 5.41) is 7.39. The molecule has 0 saturated heterocycles. The summed E-state index contributed by atoms with van der Waals surface area (Å²) in [5.41, 5.74) is 1.86. The smallest absolute Gasteiger partial charge is 0.243 e. The Bertz CT molecular complexity index is 1420. The van der Waals surface area contributed by atoms with Crippen molar-refractivity contribution in [2.75, 3.05) is 18.9 Å². The minimum atomic E-state index is -4.06. The molecule has 13 heteroatoms. The number of benzene rings is 1. The van der Waals surface area contributed by atoms with Gasteiger partial charge in [0.2, 0.25) is 16.0 Å². The highest BCUT2D eigenvalue weighted by atomic mass is 32.2. The number of ether oxygens (including phenoxy) is 2. The maximum absolute atomic E-state index is 13.3. The number of anilines is 1. The predicted octanol–water partition coefficient (Wildman–Crippen LogP) is 4.11. The Kier molecular flexibility index (Phi) is 8.71. The molecule has 3 rings (SSSR count). The zero-order valence-corrected chi connectivity index (χ0v) is 22.0. The zero-order chi connectivity index (χ0) is 27.2. The number of sulfonamides is 1. The van der Waals surface area contributed by atoms with E-state index >= 15 is 0 Å². The van der Waals surface area contributed by atoms with Crippen molar-refractivity contribution in [1.29, 1.82) is 0 Å². The Morgan fingerprint density at radius 3 is 2.49 bits per heavy atom. The lowest BCUT2D eigenvalue weighted by atomic mass is 10.1. The number of para-hydroxylation sites is 1. The minimum absolute atomic E-state index is 0.0643. The first-order chi connectivity index (χ1) is 17.6. The second-order valence-electron chi connectivity index (χ2n) is 7.97. The van der Waals surface area contributed by atoms with Gasteiger partial charge in [-0.2, -0.15) is 0 Å². The predicted molar refractivity (Wildman–Crippen MR) is 141 cm³/mol. The molecule has 0 bridgehead atoms. The Hall–Kier alpha value is -4.13. The first kappa shape index (κ1) is 27.5. The van der Waals surface area contributed by atoms with Gasteiger partial charge < -0.3 is 9.47 Å². The third-order valence-electron chi connectivity index (χ3n) is 5.38. The van der Waals surface area contributed by atoms with E-state index in [1.165, 1.54) is 32.6 Å². The molecule has 0 fully saturated rings. The van der Waals surface area contributed by atoms with E-state index in [0.29, 0.717) is 28.6 Å². The summed E-state index contributed by atoms with van der Waals surface area (Å²) in [4.78, 5) is 11.7. The monoisotopic (exact) mass is 529 g/mol. The summed E-state index contributed by atoms with van der Waals surface area (Å²) >= 11 is 0. The maximum atomic E-state index is 13.3. The number of halogens is 1. The number of aliphatic imine (C=N–C) groups is 2. The number of aromatic nitrogens is 4. The van der Waals surface area contributed by atoms with Crippen LogP contribution < -0.4 is 14.2 Å². The van der Waals surface area contributed by atoms with Crippen molar-refractivity contribution in [1.82, 2.24) is 19.7 Å². The number of allylic oxidation sites excluding steroid dienone is 1. The number of nitrogens with one attached hydrogen (secondary N) is 1. The fourth-order valence-electron chi connectivity index (χ4n) is 3.40. The van der Waals surface area contributed by atoms with Gasteiger partial charge in [0.1, 0.15) is 28.8 Å². The molecule has 3 aromatic rings. The number of nitrogens with zero attached hydrogens (tertiary/aromatic N) is 6. The molecule has 0 unspecified atom stereocenters. The van der Waals surface area contributed by atoms with Gasteiger partial charge >= 0.3 is 0 Å².